The van der Waals surface area contributed by atoms with Gasteiger partial charge in [0.15, 0.2) is 0 Å². The molecule has 0 unspecified atom stereocenters. The molecule has 142 valence electrons. The zero-order valence-corrected chi connectivity index (χ0v) is 18.4. The molecule has 0 rings (SSSR count). The van der Waals surface area contributed by atoms with E-state index in [1.807, 2.05) is 20.8 Å². The lowest BCUT2D eigenvalue weighted by Gasteiger charge is -2.24. The second kappa shape index (κ2) is 17.0. The van der Waals surface area contributed by atoms with Crippen LogP contribution in [0.2, 0.25) is 6.04 Å². The fraction of sp³-hybridized carbons (Fsp3) is 1.00. The van der Waals surface area contributed by atoms with Crippen molar-refractivity contribution in [3.63, 3.8) is 0 Å². The van der Waals surface area contributed by atoms with Crippen molar-refractivity contribution in [2.24, 2.45) is 0 Å². The van der Waals surface area contributed by atoms with Crippen LogP contribution < -0.4 is 0 Å². The topological polar surface area (TPSA) is 58.6 Å². The highest BCUT2D eigenvalue weighted by Gasteiger charge is 2.36. The summed E-state index contributed by atoms with van der Waals surface area (Å²) < 4.78 is 31.5. The van der Waals surface area contributed by atoms with Crippen molar-refractivity contribution in [1.82, 2.24) is 4.90 Å². The summed E-state index contributed by atoms with van der Waals surface area (Å²) in [5, 5.41) is 0. The van der Waals surface area contributed by atoms with E-state index in [9.17, 15) is 0 Å². The van der Waals surface area contributed by atoms with Gasteiger partial charge in [-0.25, -0.2) is 0 Å². The minimum Gasteiger partial charge on any atom is -0.377 e. The molecule has 0 aromatic heterocycles. The Bertz CT molecular complexity index is 223. The maximum Gasteiger partial charge on any atom is 0.500 e. The Morgan fingerprint density at radius 1 is 0.783 bits per heavy atom. The number of nitrogens with zero attached hydrogens (tertiary/aromatic N) is 1. The van der Waals surface area contributed by atoms with Gasteiger partial charge in [-0.1, -0.05) is 0 Å². The van der Waals surface area contributed by atoms with E-state index < -0.39 is 18.3 Å². The van der Waals surface area contributed by atoms with Gasteiger partial charge in [0.25, 0.3) is 0 Å². The van der Waals surface area contributed by atoms with Crippen LogP contribution >= 0.6 is 0 Å². The number of hydrogen-bond donors (Lipinski definition) is 0. The molecule has 0 aromatic rings. The van der Waals surface area contributed by atoms with Crippen molar-refractivity contribution in [3.05, 3.63) is 0 Å². The first-order valence-electron chi connectivity index (χ1n) is 8.10. The van der Waals surface area contributed by atoms with E-state index in [0.717, 1.165) is 19.0 Å². The van der Waals surface area contributed by atoms with Crippen LogP contribution in [-0.4, -0.2) is 85.0 Å². The van der Waals surface area contributed by atoms with E-state index in [0.29, 0.717) is 19.8 Å². The molecule has 0 aliphatic heterocycles. The Kier molecular flexibility index (Phi) is 18.8. The summed E-state index contributed by atoms with van der Waals surface area (Å²) in [5.41, 5.74) is 0. The molecule has 0 aromatic carbocycles. The largest absolute Gasteiger partial charge is 0.500 e. The highest BCUT2D eigenvalue weighted by molar-refractivity contribution is 6.60. The van der Waals surface area contributed by atoms with Gasteiger partial charge < -0.3 is 31.5 Å². The lowest BCUT2D eigenvalue weighted by atomic mass is 10.5. The predicted octanol–water partition coefficient (Wildman–Crippen LogP) is 1.63. The summed E-state index contributed by atoms with van der Waals surface area (Å²) in [6.45, 7) is 8.89. The van der Waals surface area contributed by atoms with Gasteiger partial charge >= 0.3 is 18.3 Å². The third kappa shape index (κ3) is 14.2. The van der Waals surface area contributed by atoms with Crippen LogP contribution in [0.4, 0.5) is 0 Å². The molecule has 0 saturated carbocycles. The summed E-state index contributed by atoms with van der Waals surface area (Å²) in [5.74, 6) is 0. The highest BCUT2D eigenvalue weighted by atomic mass is 28.4. The molecular formula is C14H37NO6Si2. The lowest BCUT2D eigenvalue weighted by molar-refractivity contribution is 0.107. The molecule has 23 heavy (non-hydrogen) atoms. The van der Waals surface area contributed by atoms with Crippen molar-refractivity contribution < 1.29 is 26.6 Å². The molecule has 7 nitrogen and oxygen atoms in total. The molecule has 0 atom stereocenters. The summed E-state index contributed by atoms with van der Waals surface area (Å²) in [4.78, 5) is 2.14. The highest BCUT2D eigenvalue weighted by Crippen LogP contribution is 2.14. The zero-order chi connectivity index (χ0) is 18.1. The van der Waals surface area contributed by atoms with Crippen molar-refractivity contribution >= 4 is 18.3 Å². The average molecular weight is 372 g/mol. The molecule has 0 bridgehead atoms. The van der Waals surface area contributed by atoms with E-state index in [2.05, 4.69) is 19.0 Å². The van der Waals surface area contributed by atoms with Crippen LogP contribution in [-0.2, 0) is 26.6 Å². The number of rotatable bonds is 13. The second-order valence-electron chi connectivity index (χ2n) is 4.86. The van der Waals surface area contributed by atoms with Gasteiger partial charge in [0.2, 0.25) is 0 Å². The lowest BCUT2D eigenvalue weighted by Crippen LogP contribution is -2.43. The maximum absolute atomic E-state index is 5.29. The molecule has 0 heterocycles. The van der Waals surface area contributed by atoms with Crippen LogP contribution in [0.25, 0.3) is 0 Å². The van der Waals surface area contributed by atoms with Gasteiger partial charge in [-0.15, -0.1) is 0 Å². The maximum atomic E-state index is 5.29. The van der Waals surface area contributed by atoms with E-state index in [-0.39, 0.29) is 0 Å². The van der Waals surface area contributed by atoms with Crippen molar-refractivity contribution in [3.8, 4) is 0 Å². The SMILES string of the molecule is CCO[SiH](OCC)OCC.CO[Si](CCCN(C)C)(OC)OC. The Morgan fingerprint density at radius 3 is 1.43 bits per heavy atom. The summed E-state index contributed by atoms with van der Waals surface area (Å²) >= 11 is 0. The molecular weight excluding hydrogens is 334 g/mol. The third-order valence-corrected chi connectivity index (χ3v) is 7.58. The molecule has 0 radical (unpaired) electrons. The minimum atomic E-state index is -2.31. The van der Waals surface area contributed by atoms with E-state index >= 15 is 0 Å². The first-order chi connectivity index (χ1) is 10.9. The van der Waals surface area contributed by atoms with Gasteiger partial charge in [-0.05, 0) is 47.8 Å². The standard InChI is InChI=1S/C8H21NO3Si.C6H16O3Si/c1-9(2)7-6-8-13(10-3,11-4)12-5;1-4-7-10(8-5-2)9-6-3/h6-8H2,1-5H3;10H,4-6H2,1-3H3. The third-order valence-electron chi connectivity index (χ3n) is 2.93. The van der Waals surface area contributed by atoms with E-state index in [1.165, 1.54) is 0 Å². The van der Waals surface area contributed by atoms with Crippen LogP contribution in [0.1, 0.15) is 27.2 Å². The smallest absolute Gasteiger partial charge is 0.377 e. The van der Waals surface area contributed by atoms with E-state index in [4.69, 9.17) is 26.6 Å². The fourth-order valence-corrected chi connectivity index (χ4v) is 4.53. The van der Waals surface area contributed by atoms with E-state index in [1.54, 1.807) is 21.3 Å². The quantitative estimate of drug-likeness (QED) is 0.456. The molecule has 9 heteroatoms. The fourth-order valence-electron chi connectivity index (χ4n) is 1.72. The van der Waals surface area contributed by atoms with Crippen LogP contribution in [0.5, 0.6) is 0 Å². The first kappa shape index (κ1) is 25.4. The summed E-state index contributed by atoms with van der Waals surface area (Å²) in [6.07, 6.45) is 1.04. The normalized spacial score (nSPS) is 11.7. The molecule has 0 aliphatic rings. The van der Waals surface area contributed by atoms with Crippen molar-refractivity contribution in [2.45, 2.75) is 33.2 Å². The van der Waals surface area contributed by atoms with Crippen molar-refractivity contribution in [2.75, 3.05) is 61.8 Å². The Hall–Kier alpha value is 0.154. The van der Waals surface area contributed by atoms with Crippen LogP contribution in [0.3, 0.4) is 0 Å². The Labute approximate surface area is 145 Å². The van der Waals surface area contributed by atoms with Gasteiger partial charge in [-0.2, -0.15) is 0 Å². The molecule has 0 N–H and O–H groups in total. The molecule has 0 aliphatic carbocycles. The molecule has 0 fully saturated rings. The molecule has 0 spiro atoms. The van der Waals surface area contributed by atoms with Gasteiger partial charge in [0.05, 0.1) is 0 Å². The van der Waals surface area contributed by atoms with Gasteiger partial charge in [-0.3, -0.25) is 0 Å². The number of hydrogen-bond acceptors (Lipinski definition) is 7. The zero-order valence-electron chi connectivity index (χ0n) is 16.2. The Balaban J connectivity index is 0. The van der Waals surface area contributed by atoms with Gasteiger partial charge in [0.1, 0.15) is 0 Å². The summed E-state index contributed by atoms with van der Waals surface area (Å²) in [6, 6.07) is 0.870. The average Bonchev–Trinajstić information content (AvgIpc) is 2.53. The Morgan fingerprint density at radius 2 is 1.17 bits per heavy atom. The van der Waals surface area contributed by atoms with Crippen molar-refractivity contribution in [1.29, 1.82) is 0 Å². The molecule has 0 saturated heterocycles. The minimum absolute atomic E-state index is 0.677. The molecule has 0 amide bonds. The predicted molar refractivity (Wildman–Crippen MR) is 96.8 cm³/mol. The monoisotopic (exact) mass is 371 g/mol. The van der Waals surface area contributed by atoms with Crippen LogP contribution in [0, 0.1) is 0 Å². The second-order valence-corrected chi connectivity index (χ2v) is 9.53. The van der Waals surface area contributed by atoms with Gasteiger partial charge in [0, 0.05) is 47.2 Å². The first-order valence-corrected chi connectivity index (χ1v) is 11.4. The summed E-state index contributed by atoms with van der Waals surface area (Å²) in [7, 11) is 5.00. The van der Waals surface area contributed by atoms with Crippen LogP contribution in [0.15, 0.2) is 0 Å².